The zero-order valence-corrected chi connectivity index (χ0v) is 47.4. The first-order chi connectivity index (χ1) is 36.1. The quantitative estimate of drug-likeness (QED) is 0.135. The van der Waals surface area contributed by atoms with Crippen molar-refractivity contribution in [1.82, 2.24) is 0 Å². The number of carbonyl (C=O) groups is 2. The van der Waals surface area contributed by atoms with E-state index in [0.717, 1.165) is 69.8 Å². The van der Waals surface area contributed by atoms with Gasteiger partial charge >= 0.3 is 11.9 Å². The Labute approximate surface area is 453 Å². The third kappa shape index (κ3) is 22.1. The van der Waals surface area contributed by atoms with E-state index in [2.05, 4.69) is 84.1 Å². The second-order valence-electron chi connectivity index (χ2n) is 22.1. The molecule has 0 aromatic rings. The molecule has 0 aromatic carbocycles. The van der Waals surface area contributed by atoms with Gasteiger partial charge < -0.3 is 47.7 Å². The molecule has 1 saturated carbocycles. The van der Waals surface area contributed by atoms with Crippen LogP contribution in [0.1, 0.15) is 124 Å². The average Bonchev–Trinajstić information content (AvgIpc) is 4.13. The topological polar surface area (TPSA) is 148 Å². The third-order valence-electron chi connectivity index (χ3n) is 15.0. The molecule has 75 heavy (non-hydrogen) atoms. The molecule has 0 saturated heterocycles. The maximum absolute atomic E-state index is 12.9. The monoisotopic (exact) mass is 1070 g/mol. The normalized spacial score (nSPS) is 37.1. The number of ether oxygens (including phenoxy) is 6. The summed E-state index contributed by atoms with van der Waals surface area (Å²) in [6, 6.07) is 0. The van der Waals surface area contributed by atoms with Gasteiger partial charge in [-0.25, -0.2) is 9.59 Å². The molecule has 1 fully saturated rings. The maximum atomic E-state index is 12.9. The Hall–Kier alpha value is -3.38. The van der Waals surface area contributed by atoms with E-state index in [4.69, 9.17) is 37.5 Å². The van der Waals surface area contributed by atoms with Crippen LogP contribution in [-0.4, -0.2) is 109 Å². The molecule has 4 bridgehead atoms. The highest BCUT2D eigenvalue weighted by Gasteiger charge is 2.46. The van der Waals surface area contributed by atoms with Crippen molar-refractivity contribution in [1.29, 1.82) is 0 Å². The van der Waals surface area contributed by atoms with Crippen LogP contribution in [0.15, 0.2) is 133 Å². The number of hydrogen-bond donors (Lipinski definition) is 2. The first kappa shape index (κ1) is 60.8. The number of esters is 2. The largest absolute Gasteiger partial charge is 0.456 e. The molecule has 6 aliphatic heterocycles. The van der Waals surface area contributed by atoms with Crippen LogP contribution in [0.4, 0.5) is 0 Å². The van der Waals surface area contributed by atoms with Crippen molar-refractivity contribution in [3.05, 3.63) is 133 Å². The molecule has 0 spiro atoms. The summed E-state index contributed by atoms with van der Waals surface area (Å²) in [7, 11) is 4.81. The first-order valence-electron chi connectivity index (χ1n) is 27.5. The van der Waals surface area contributed by atoms with Gasteiger partial charge in [0.2, 0.25) is 0 Å². The van der Waals surface area contributed by atoms with E-state index in [1.54, 1.807) is 24.3 Å². The number of rotatable bonds is 8. The molecule has 2 unspecified atom stereocenters. The van der Waals surface area contributed by atoms with Crippen molar-refractivity contribution in [2.45, 2.75) is 197 Å². The van der Waals surface area contributed by atoms with Crippen LogP contribution in [-0.2, 0) is 47.1 Å². The van der Waals surface area contributed by atoms with E-state index < -0.39 is 36.5 Å². The number of cyclic esters (lactones) is 2. The minimum absolute atomic E-state index is 0.00296. The predicted octanol–water partition coefficient (Wildman–Crippen LogP) is 11.5. The molecule has 1 aliphatic carbocycles. The standard InChI is InChI=1S/C31H46O6P2.C30H42O6/c1-20-12-13-33-25(15-20)10-11-28(36-38)30-19-23-18-27(23)29(37-39)17-22(3)14-21(2)16-26-8-4-6-24(34-26)7-5-9-31(32)35-30;1-21-15-16-34-26(19-21)13-14-28(32)29-11-4-7-24(31)18-22(2)17-23(3)20-27-10-5-8-25(35-27)9-6-12-30(33)36-29/h4-6,9-12,21,23-30H,3,7-8,13-19,38-39H2,1-2H3;4-8,12-15,23-29,31-32H,2,9-11,16-20H2,1,3H3/b9-5-,11-10+;7-4+,12-6-,14-13+/t21-,23-,24-,25+,26-,27+,28-,29-,30-;23-,24+,25-,26+,27-,28-,29-/m00/s1. The van der Waals surface area contributed by atoms with Gasteiger partial charge in [-0.15, -0.1) is 0 Å². The van der Waals surface area contributed by atoms with E-state index in [9.17, 15) is 19.8 Å². The number of fused-ring (bicyclic) bond motifs is 5. The van der Waals surface area contributed by atoms with Crippen LogP contribution in [0.3, 0.4) is 0 Å². The van der Waals surface area contributed by atoms with Gasteiger partial charge in [0, 0.05) is 37.5 Å². The van der Waals surface area contributed by atoms with Crippen LogP contribution in [0.5, 0.6) is 0 Å². The fourth-order valence-electron chi connectivity index (χ4n) is 11.0. The molecule has 14 heteroatoms. The van der Waals surface area contributed by atoms with Crippen molar-refractivity contribution in [3.8, 4) is 0 Å². The van der Waals surface area contributed by atoms with Gasteiger partial charge in [-0.1, -0.05) is 134 Å². The fourth-order valence-corrected chi connectivity index (χ4v) is 11.6. The van der Waals surface area contributed by atoms with E-state index >= 15 is 0 Å². The number of aliphatic hydroxyl groups is 2. The molecule has 6 heterocycles. The molecule has 0 radical (unpaired) electrons. The van der Waals surface area contributed by atoms with Crippen molar-refractivity contribution in [2.24, 2.45) is 23.7 Å². The Morgan fingerprint density at radius 2 is 1.19 bits per heavy atom. The Morgan fingerprint density at radius 1 is 0.653 bits per heavy atom. The van der Waals surface area contributed by atoms with Crippen molar-refractivity contribution >= 4 is 30.9 Å². The molecule has 7 aliphatic rings. The second-order valence-corrected chi connectivity index (χ2v) is 22.6. The van der Waals surface area contributed by atoms with Crippen molar-refractivity contribution in [2.75, 3.05) is 13.2 Å². The Kier molecular flexibility index (Phi) is 25.9. The molecule has 0 aromatic heterocycles. The summed E-state index contributed by atoms with van der Waals surface area (Å²) in [6.45, 7) is 18.4. The van der Waals surface area contributed by atoms with Crippen molar-refractivity contribution in [3.63, 3.8) is 0 Å². The highest BCUT2D eigenvalue weighted by atomic mass is 31.0. The number of carbonyl (C=O) groups excluding carboxylic acids is 2. The first-order valence-corrected chi connectivity index (χ1v) is 28.4. The second kappa shape index (κ2) is 31.9. The molecule has 7 rings (SSSR count). The van der Waals surface area contributed by atoms with E-state index in [1.165, 1.54) is 28.9 Å². The highest BCUT2D eigenvalue weighted by Crippen LogP contribution is 2.49. The van der Waals surface area contributed by atoms with E-state index in [-0.39, 0.29) is 55.1 Å². The molecule has 0 amide bonds. The van der Waals surface area contributed by atoms with Crippen LogP contribution < -0.4 is 0 Å². The third-order valence-corrected chi connectivity index (χ3v) is 15.6. The van der Waals surface area contributed by atoms with Gasteiger partial charge in [0.05, 0.1) is 62.0 Å². The summed E-state index contributed by atoms with van der Waals surface area (Å²) >= 11 is 0. The number of aliphatic hydroxyl groups excluding tert-OH is 2. The zero-order valence-electron chi connectivity index (χ0n) is 45.0. The summed E-state index contributed by atoms with van der Waals surface area (Å²) < 4.78 is 47.3. The molecular formula is C61H88O12P2. The van der Waals surface area contributed by atoms with Gasteiger partial charge in [0.1, 0.15) is 24.4 Å². The van der Waals surface area contributed by atoms with E-state index in [0.29, 0.717) is 62.6 Å². The fraction of sp³-hybridized carbons (Fsp3) is 0.607. The van der Waals surface area contributed by atoms with Gasteiger partial charge in [0.15, 0.2) is 0 Å². The summed E-state index contributed by atoms with van der Waals surface area (Å²) in [6.07, 6.45) is 38.7. The number of hydrogen-bond acceptors (Lipinski definition) is 12. The summed E-state index contributed by atoms with van der Waals surface area (Å²) in [5.74, 6) is 0.807. The summed E-state index contributed by atoms with van der Waals surface area (Å²) in [5.41, 5.74) is 4.78. The van der Waals surface area contributed by atoms with Gasteiger partial charge in [-0.05, 0) is 127 Å². The molecular weight excluding hydrogens is 987 g/mol. The van der Waals surface area contributed by atoms with Crippen LogP contribution in [0.25, 0.3) is 0 Å². The molecule has 18 atom stereocenters. The van der Waals surface area contributed by atoms with Crippen LogP contribution in [0, 0.1) is 23.7 Å². The van der Waals surface area contributed by atoms with Crippen molar-refractivity contribution < 1.29 is 57.3 Å². The lowest BCUT2D eigenvalue weighted by atomic mass is 9.90. The molecule has 2 N–H and O–H groups in total. The SMILES string of the molecule is C=C1C[C@H](C)C[C@@H]2CC=C[C@@H](C/C=C\C(=O)O[C@H]([C@@H](O)/C=C/[C@@H]3CC(C)=CCO3)C/C=C/[C@@H](O)C1)O2.C=C1C[C@H](C)C[C@@H]2CC=C[C@@H](C/C=C\C(=O)O[C@H]([C@H](/C=C/[C@@H]3CC(C)=CCO3)OP)C[C@@H]3C[C@H]3[C@@H](OP)C1)O2. The van der Waals surface area contributed by atoms with Crippen LogP contribution >= 0.6 is 18.9 Å². The highest BCUT2D eigenvalue weighted by molar-refractivity contribution is 7.10. The zero-order chi connectivity index (χ0) is 53.7. The van der Waals surface area contributed by atoms with E-state index in [1.807, 2.05) is 36.5 Å². The van der Waals surface area contributed by atoms with Crippen LogP contribution in [0.2, 0.25) is 0 Å². The lowest BCUT2D eigenvalue weighted by Crippen LogP contribution is -2.32. The lowest BCUT2D eigenvalue weighted by molar-refractivity contribution is -0.147. The predicted molar refractivity (Wildman–Crippen MR) is 302 cm³/mol. The Morgan fingerprint density at radius 3 is 1.73 bits per heavy atom. The smallest absolute Gasteiger partial charge is 0.330 e. The molecule has 414 valence electrons. The molecule has 12 nitrogen and oxygen atoms in total. The lowest BCUT2D eigenvalue weighted by Gasteiger charge is -2.28. The van der Waals surface area contributed by atoms with Gasteiger partial charge in [-0.3, -0.25) is 0 Å². The summed E-state index contributed by atoms with van der Waals surface area (Å²) in [5, 5.41) is 21.3. The Balaban J connectivity index is 0.000000245. The maximum Gasteiger partial charge on any atom is 0.330 e. The minimum atomic E-state index is -1.01. The average molecular weight is 1080 g/mol. The Bertz CT molecular complexity index is 2140. The van der Waals surface area contributed by atoms with Gasteiger partial charge in [-0.2, -0.15) is 0 Å². The minimum Gasteiger partial charge on any atom is -0.456 e. The summed E-state index contributed by atoms with van der Waals surface area (Å²) in [4.78, 5) is 25.5. The van der Waals surface area contributed by atoms with Gasteiger partial charge in [0.25, 0.3) is 0 Å².